The molecule has 1 fully saturated rings. The number of hydrogen-bond acceptors (Lipinski definition) is 4. The van der Waals surface area contributed by atoms with Crippen LogP contribution in [-0.2, 0) is 4.74 Å². The first kappa shape index (κ1) is 10.4. The molecular formula is C12H14N4O. The van der Waals surface area contributed by atoms with E-state index in [1.165, 1.54) is 12.7 Å². The molecule has 3 rings (SSSR count). The first-order valence-electron chi connectivity index (χ1n) is 5.84. The van der Waals surface area contributed by atoms with Gasteiger partial charge >= 0.3 is 0 Å². The quantitative estimate of drug-likeness (QED) is 0.792. The van der Waals surface area contributed by atoms with Gasteiger partial charge in [0, 0.05) is 36.3 Å². The summed E-state index contributed by atoms with van der Waals surface area (Å²) in [6, 6.07) is 0. The molecule has 0 bridgehead atoms. The molecule has 1 unspecified atom stereocenters. The second-order valence-electron chi connectivity index (χ2n) is 4.16. The summed E-state index contributed by atoms with van der Waals surface area (Å²) in [5.74, 6) is 0. The highest BCUT2D eigenvalue weighted by Crippen LogP contribution is 2.24. The number of aromatic nitrogens is 4. The molecule has 1 aliphatic heterocycles. The first-order chi connectivity index (χ1) is 8.43. The molecular weight excluding hydrogens is 216 g/mol. The summed E-state index contributed by atoms with van der Waals surface area (Å²) in [7, 11) is 0. The van der Waals surface area contributed by atoms with E-state index in [0.29, 0.717) is 0 Å². The molecule has 1 saturated heterocycles. The maximum atomic E-state index is 5.68. The van der Waals surface area contributed by atoms with Gasteiger partial charge in [0.15, 0.2) is 0 Å². The van der Waals surface area contributed by atoms with Crippen LogP contribution in [0.4, 0.5) is 0 Å². The van der Waals surface area contributed by atoms with Gasteiger partial charge in [0.25, 0.3) is 0 Å². The van der Waals surface area contributed by atoms with Crippen molar-refractivity contribution in [2.75, 3.05) is 6.61 Å². The number of nitrogens with zero attached hydrogens (tertiary/aromatic N) is 4. The summed E-state index contributed by atoms with van der Waals surface area (Å²) < 4.78 is 7.57. The van der Waals surface area contributed by atoms with Crippen LogP contribution in [0.5, 0.6) is 0 Å². The van der Waals surface area contributed by atoms with Crippen molar-refractivity contribution < 1.29 is 4.74 Å². The molecule has 1 atom stereocenters. The Kier molecular flexibility index (Phi) is 2.83. The summed E-state index contributed by atoms with van der Waals surface area (Å²) in [4.78, 5) is 8.01. The van der Waals surface area contributed by atoms with Gasteiger partial charge < -0.3 is 4.74 Å². The minimum Gasteiger partial charge on any atom is -0.357 e. The van der Waals surface area contributed by atoms with Gasteiger partial charge in [0.1, 0.15) is 12.6 Å². The average molecular weight is 230 g/mol. The van der Waals surface area contributed by atoms with Crippen molar-refractivity contribution in [3.05, 3.63) is 31.1 Å². The van der Waals surface area contributed by atoms with Crippen LogP contribution in [0.1, 0.15) is 25.5 Å². The van der Waals surface area contributed by atoms with Gasteiger partial charge in [-0.05, 0) is 19.3 Å². The van der Waals surface area contributed by atoms with E-state index in [9.17, 15) is 0 Å². The van der Waals surface area contributed by atoms with Crippen LogP contribution in [-0.4, -0.2) is 26.4 Å². The third-order valence-corrected chi connectivity index (χ3v) is 2.95. The van der Waals surface area contributed by atoms with E-state index in [2.05, 4.69) is 15.1 Å². The molecule has 0 N–H and O–H groups in total. The Balaban J connectivity index is 1.83. The lowest BCUT2D eigenvalue weighted by Gasteiger charge is -2.22. The van der Waals surface area contributed by atoms with Gasteiger partial charge in [-0.15, -0.1) is 0 Å². The van der Waals surface area contributed by atoms with Gasteiger partial charge in [0.05, 0.1) is 6.20 Å². The Morgan fingerprint density at radius 3 is 2.76 bits per heavy atom. The van der Waals surface area contributed by atoms with Crippen molar-refractivity contribution in [1.29, 1.82) is 0 Å². The molecule has 0 amide bonds. The van der Waals surface area contributed by atoms with Gasteiger partial charge in [-0.3, -0.25) is 0 Å². The molecule has 1 aliphatic rings. The smallest absolute Gasteiger partial charge is 0.150 e. The van der Waals surface area contributed by atoms with Gasteiger partial charge in [-0.1, -0.05) is 0 Å². The van der Waals surface area contributed by atoms with Crippen LogP contribution in [0, 0.1) is 0 Å². The minimum atomic E-state index is 0.0853. The number of rotatable bonds is 2. The summed E-state index contributed by atoms with van der Waals surface area (Å²) >= 11 is 0. The van der Waals surface area contributed by atoms with Crippen LogP contribution in [0.25, 0.3) is 11.1 Å². The fourth-order valence-corrected chi connectivity index (χ4v) is 2.03. The lowest BCUT2D eigenvalue weighted by Crippen LogP contribution is -2.18. The van der Waals surface area contributed by atoms with Gasteiger partial charge in [-0.25, -0.2) is 14.6 Å². The van der Waals surface area contributed by atoms with Crippen LogP contribution < -0.4 is 0 Å². The topological polar surface area (TPSA) is 52.8 Å². The summed E-state index contributed by atoms with van der Waals surface area (Å²) in [6.45, 7) is 0.828. The first-order valence-corrected chi connectivity index (χ1v) is 5.84. The van der Waals surface area contributed by atoms with Crippen LogP contribution in [0.15, 0.2) is 31.1 Å². The van der Waals surface area contributed by atoms with E-state index in [-0.39, 0.29) is 6.23 Å². The number of ether oxygens (including phenoxy) is 1. The Labute approximate surface area is 99.5 Å². The van der Waals surface area contributed by atoms with Crippen LogP contribution in [0.2, 0.25) is 0 Å². The Bertz CT molecular complexity index is 476. The maximum absolute atomic E-state index is 5.68. The monoisotopic (exact) mass is 230 g/mol. The predicted octanol–water partition coefficient (Wildman–Crippen LogP) is 2.04. The van der Waals surface area contributed by atoms with E-state index in [4.69, 9.17) is 4.74 Å². The Morgan fingerprint density at radius 1 is 1.12 bits per heavy atom. The second kappa shape index (κ2) is 4.63. The van der Waals surface area contributed by atoms with Crippen molar-refractivity contribution in [3.63, 3.8) is 0 Å². The van der Waals surface area contributed by atoms with E-state index < -0.39 is 0 Å². The van der Waals surface area contributed by atoms with Crippen LogP contribution in [0.3, 0.4) is 0 Å². The predicted molar refractivity (Wildman–Crippen MR) is 62.1 cm³/mol. The van der Waals surface area contributed by atoms with E-state index in [1.54, 1.807) is 12.4 Å². The molecule has 3 heterocycles. The lowest BCUT2D eigenvalue weighted by molar-refractivity contribution is -0.0394. The lowest BCUT2D eigenvalue weighted by atomic mass is 10.2. The van der Waals surface area contributed by atoms with Crippen molar-refractivity contribution >= 4 is 0 Å². The maximum Gasteiger partial charge on any atom is 0.150 e. The largest absolute Gasteiger partial charge is 0.357 e. The second-order valence-corrected chi connectivity index (χ2v) is 4.16. The highest BCUT2D eigenvalue weighted by molar-refractivity contribution is 5.59. The highest BCUT2D eigenvalue weighted by atomic mass is 16.5. The van der Waals surface area contributed by atoms with Gasteiger partial charge in [0.2, 0.25) is 0 Å². The summed E-state index contributed by atoms with van der Waals surface area (Å²) in [6.07, 6.45) is 12.4. The summed E-state index contributed by atoms with van der Waals surface area (Å²) in [5.41, 5.74) is 2.01. The fraction of sp³-hybridized carbons (Fsp3) is 0.417. The van der Waals surface area contributed by atoms with Crippen molar-refractivity contribution in [1.82, 2.24) is 19.7 Å². The molecule has 0 spiro atoms. The fourth-order valence-electron chi connectivity index (χ4n) is 2.03. The molecule has 5 heteroatoms. The van der Waals surface area contributed by atoms with Crippen LogP contribution >= 0.6 is 0 Å². The molecule has 0 radical (unpaired) electrons. The Hall–Kier alpha value is -1.75. The Morgan fingerprint density at radius 2 is 2.00 bits per heavy atom. The zero-order valence-electron chi connectivity index (χ0n) is 9.49. The molecule has 0 aliphatic carbocycles. The molecule has 88 valence electrons. The molecule has 0 aromatic carbocycles. The number of hydrogen-bond donors (Lipinski definition) is 0. The van der Waals surface area contributed by atoms with E-state index >= 15 is 0 Å². The minimum absolute atomic E-state index is 0.0853. The standard InChI is InChI=1S/C12H14N4O/c1-2-4-17-12(3-1)16-8-11(7-15-16)10-5-13-9-14-6-10/h5-9,12H,1-4H2. The molecule has 2 aromatic heterocycles. The average Bonchev–Trinajstić information content (AvgIpc) is 2.90. The molecule has 2 aromatic rings. The van der Waals surface area contributed by atoms with Crippen molar-refractivity contribution in [2.45, 2.75) is 25.5 Å². The van der Waals surface area contributed by atoms with Gasteiger partial charge in [-0.2, -0.15) is 5.10 Å². The summed E-state index contributed by atoms with van der Waals surface area (Å²) in [5, 5.41) is 4.35. The molecule has 0 saturated carbocycles. The van der Waals surface area contributed by atoms with Crippen molar-refractivity contribution in [3.8, 4) is 11.1 Å². The third-order valence-electron chi connectivity index (χ3n) is 2.95. The third kappa shape index (κ3) is 2.19. The SMILES string of the molecule is c1ncc(-c2cnn(C3CCCCO3)c2)cn1. The molecule has 17 heavy (non-hydrogen) atoms. The van der Waals surface area contributed by atoms with E-state index in [1.807, 2.05) is 17.1 Å². The zero-order chi connectivity index (χ0) is 11.5. The zero-order valence-corrected chi connectivity index (χ0v) is 9.49. The van der Waals surface area contributed by atoms with E-state index in [0.717, 1.165) is 30.6 Å². The molecule has 5 nitrogen and oxygen atoms in total. The highest BCUT2D eigenvalue weighted by Gasteiger charge is 2.16. The normalized spacial score (nSPS) is 20.4. The van der Waals surface area contributed by atoms with Crippen molar-refractivity contribution in [2.24, 2.45) is 0 Å².